The molecule has 0 unspecified atom stereocenters. The molecule has 0 radical (unpaired) electrons. The molecule has 0 aliphatic carbocycles. The van der Waals surface area contributed by atoms with E-state index in [0.717, 1.165) is 5.56 Å². The molecule has 22 heavy (non-hydrogen) atoms. The quantitative estimate of drug-likeness (QED) is 0.765. The van der Waals surface area contributed by atoms with E-state index < -0.39 is 9.84 Å². The smallest absolute Gasteiger partial charge is 0.276 e. The zero-order valence-corrected chi connectivity index (χ0v) is 14.1. The zero-order valence-electron chi connectivity index (χ0n) is 11.7. The van der Waals surface area contributed by atoms with Crippen LogP contribution in [-0.4, -0.2) is 30.1 Å². The first-order valence-electron chi connectivity index (χ1n) is 6.91. The van der Waals surface area contributed by atoms with Gasteiger partial charge in [0.15, 0.2) is 9.84 Å². The highest BCUT2D eigenvalue weighted by Crippen LogP contribution is 2.27. The van der Waals surface area contributed by atoms with Crippen LogP contribution in [0.15, 0.2) is 33.9 Å². The van der Waals surface area contributed by atoms with E-state index >= 15 is 0 Å². The van der Waals surface area contributed by atoms with E-state index in [1.165, 1.54) is 11.8 Å². The number of sulfone groups is 1. The van der Waals surface area contributed by atoms with Gasteiger partial charge in [-0.15, -0.1) is 10.2 Å². The van der Waals surface area contributed by atoms with Crippen LogP contribution in [-0.2, 0) is 22.0 Å². The molecule has 1 fully saturated rings. The molecule has 118 valence electrons. The molecule has 1 aliphatic heterocycles. The molecule has 1 saturated heterocycles. The number of hydrogen-bond donors (Lipinski definition) is 0. The number of halogens is 1. The van der Waals surface area contributed by atoms with Crippen molar-refractivity contribution in [1.82, 2.24) is 10.2 Å². The second-order valence-corrected chi connectivity index (χ2v) is 8.88. The van der Waals surface area contributed by atoms with Gasteiger partial charge >= 0.3 is 0 Å². The molecule has 1 aromatic heterocycles. The average molecular weight is 359 g/mol. The normalized spacial score (nSPS) is 20.3. The Morgan fingerprint density at radius 1 is 1.32 bits per heavy atom. The van der Waals surface area contributed by atoms with Gasteiger partial charge in [0.2, 0.25) is 5.89 Å². The molecule has 0 saturated carbocycles. The maximum Gasteiger partial charge on any atom is 0.276 e. The van der Waals surface area contributed by atoms with E-state index in [0.29, 0.717) is 34.7 Å². The Labute approximate surface area is 138 Å². The number of rotatable bonds is 5. The summed E-state index contributed by atoms with van der Waals surface area (Å²) in [6.07, 6.45) is 1.20. The fourth-order valence-electron chi connectivity index (χ4n) is 2.41. The molecule has 5 nitrogen and oxygen atoms in total. The van der Waals surface area contributed by atoms with Crippen molar-refractivity contribution in [3.63, 3.8) is 0 Å². The summed E-state index contributed by atoms with van der Waals surface area (Å²) in [5, 5.41) is 9.19. The number of thioether (sulfide) groups is 1. The Kier molecular flexibility index (Phi) is 4.75. The van der Waals surface area contributed by atoms with E-state index in [-0.39, 0.29) is 17.4 Å². The molecule has 1 atom stereocenters. The van der Waals surface area contributed by atoms with Crippen molar-refractivity contribution >= 4 is 33.2 Å². The number of aromatic nitrogens is 2. The fraction of sp³-hybridized carbons (Fsp3) is 0.429. The Morgan fingerprint density at radius 2 is 2.14 bits per heavy atom. The summed E-state index contributed by atoms with van der Waals surface area (Å²) in [5.74, 6) is 1.73. The monoisotopic (exact) mass is 358 g/mol. The lowest BCUT2D eigenvalue weighted by Crippen LogP contribution is -2.07. The molecule has 1 aromatic carbocycles. The van der Waals surface area contributed by atoms with Crippen LogP contribution in [0.25, 0.3) is 0 Å². The molecule has 0 amide bonds. The van der Waals surface area contributed by atoms with Crippen LogP contribution in [0.2, 0.25) is 5.02 Å². The van der Waals surface area contributed by atoms with Crippen LogP contribution >= 0.6 is 23.4 Å². The molecular weight excluding hydrogens is 344 g/mol. The molecule has 8 heteroatoms. The minimum absolute atomic E-state index is 0.0897. The van der Waals surface area contributed by atoms with Crippen molar-refractivity contribution in [1.29, 1.82) is 0 Å². The van der Waals surface area contributed by atoms with Crippen molar-refractivity contribution in [2.45, 2.75) is 23.8 Å². The van der Waals surface area contributed by atoms with Crippen LogP contribution < -0.4 is 0 Å². The Morgan fingerprint density at radius 3 is 2.86 bits per heavy atom. The van der Waals surface area contributed by atoms with E-state index in [9.17, 15) is 8.42 Å². The minimum atomic E-state index is -2.87. The molecule has 2 aromatic rings. The summed E-state index contributed by atoms with van der Waals surface area (Å²) >= 11 is 7.52. The summed E-state index contributed by atoms with van der Waals surface area (Å²) < 4.78 is 28.5. The number of hydrogen-bond acceptors (Lipinski definition) is 6. The molecule has 1 aliphatic rings. The van der Waals surface area contributed by atoms with Gasteiger partial charge in [-0.25, -0.2) is 8.42 Å². The Hall–Kier alpha value is -1.05. The van der Waals surface area contributed by atoms with Crippen LogP contribution in [0.3, 0.4) is 0 Å². The molecule has 3 rings (SSSR count). The van der Waals surface area contributed by atoms with E-state index in [4.69, 9.17) is 16.0 Å². The molecule has 2 heterocycles. The first kappa shape index (κ1) is 15.8. The first-order chi connectivity index (χ1) is 10.5. The second kappa shape index (κ2) is 6.60. The predicted molar refractivity (Wildman–Crippen MR) is 85.8 cm³/mol. The summed E-state index contributed by atoms with van der Waals surface area (Å²) in [6, 6.07) is 7.62. The third-order valence-corrected chi connectivity index (χ3v) is 6.62. The van der Waals surface area contributed by atoms with E-state index in [2.05, 4.69) is 10.2 Å². The first-order valence-corrected chi connectivity index (χ1v) is 10.1. The molecule has 0 bridgehead atoms. The molecular formula is C14H15ClN2O3S2. The summed E-state index contributed by atoms with van der Waals surface area (Å²) in [7, 11) is -2.87. The number of benzene rings is 1. The lowest BCUT2D eigenvalue weighted by molar-refractivity contribution is 0.389. The average Bonchev–Trinajstić information content (AvgIpc) is 3.05. The van der Waals surface area contributed by atoms with Crippen molar-refractivity contribution in [2.24, 2.45) is 5.92 Å². The van der Waals surface area contributed by atoms with Gasteiger partial charge in [0.1, 0.15) is 0 Å². The van der Waals surface area contributed by atoms with Gasteiger partial charge in [-0.2, -0.15) is 0 Å². The van der Waals surface area contributed by atoms with Gasteiger partial charge in [0.05, 0.1) is 11.5 Å². The second-order valence-electron chi connectivity index (χ2n) is 5.31. The largest absolute Gasteiger partial charge is 0.416 e. The van der Waals surface area contributed by atoms with Gasteiger partial charge in [-0.05, 0) is 24.0 Å². The van der Waals surface area contributed by atoms with Gasteiger partial charge in [-0.3, -0.25) is 0 Å². The topological polar surface area (TPSA) is 73.1 Å². The van der Waals surface area contributed by atoms with Crippen molar-refractivity contribution < 1.29 is 12.8 Å². The summed E-state index contributed by atoms with van der Waals surface area (Å²) in [6.45, 7) is 0. The van der Waals surface area contributed by atoms with E-state index in [1.54, 1.807) is 0 Å². The van der Waals surface area contributed by atoms with Crippen molar-refractivity contribution in [2.75, 3.05) is 11.5 Å². The minimum Gasteiger partial charge on any atom is -0.416 e. The standard InChI is InChI=1S/C14H15ClN2O3S2/c15-12-4-2-1-3-11(12)8-21-14-17-16-13(20-14)7-10-5-6-22(18,19)9-10/h1-4,10H,5-9H2/t10-/m1/s1. The van der Waals surface area contributed by atoms with Crippen LogP contribution in [0.4, 0.5) is 0 Å². The lowest BCUT2D eigenvalue weighted by Gasteiger charge is -2.02. The van der Waals surface area contributed by atoms with Crippen LogP contribution in [0.1, 0.15) is 17.9 Å². The molecule has 0 spiro atoms. The van der Waals surface area contributed by atoms with Crippen LogP contribution in [0.5, 0.6) is 0 Å². The van der Waals surface area contributed by atoms with Gasteiger partial charge in [0, 0.05) is 17.2 Å². The zero-order chi connectivity index (χ0) is 15.6. The highest BCUT2D eigenvalue weighted by molar-refractivity contribution is 7.98. The third-order valence-electron chi connectivity index (χ3n) is 3.55. The maximum absolute atomic E-state index is 11.4. The van der Waals surface area contributed by atoms with Crippen molar-refractivity contribution in [3.8, 4) is 0 Å². The Balaban J connectivity index is 1.57. The van der Waals surface area contributed by atoms with Gasteiger partial charge in [0.25, 0.3) is 5.22 Å². The summed E-state index contributed by atoms with van der Waals surface area (Å²) in [4.78, 5) is 0. The highest BCUT2D eigenvalue weighted by Gasteiger charge is 2.29. The third kappa shape index (κ3) is 4.02. The highest BCUT2D eigenvalue weighted by atomic mass is 35.5. The maximum atomic E-state index is 11.4. The summed E-state index contributed by atoms with van der Waals surface area (Å²) in [5.41, 5.74) is 1.01. The lowest BCUT2D eigenvalue weighted by atomic mass is 10.1. The Bertz CT molecular complexity index is 761. The predicted octanol–water partition coefficient (Wildman–Crippen LogP) is 2.99. The number of nitrogens with zero attached hydrogens (tertiary/aromatic N) is 2. The van der Waals surface area contributed by atoms with Crippen LogP contribution in [0, 0.1) is 5.92 Å². The van der Waals surface area contributed by atoms with Gasteiger partial charge in [-0.1, -0.05) is 41.6 Å². The van der Waals surface area contributed by atoms with Crippen molar-refractivity contribution in [3.05, 3.63) is 40.7 Å². The SMILES string of the molecule is O=S1(=O)CC[C@H](Cc2nnc(SCc3ccccc3Cl)o2)C1. The fourth-order valence-corrected chi connectivity index (χ4v) is 5.34. The molecule has 0 N–H and O–H groups in total. The van der Waals surface area contributed by atoms with Gasteiger partial charge < -0.3 is 4.42 Å². The van der Waals surface area contributed by atoms with E-state index in [1.807, 2.05) is 24.3 Å².